The number of carbonyl (C=O) groups excluding carboxylic acids is 1. The molecule has 1 saturated carbocycles. The van der Waals surface area contributed by atoms with Gasteiger partial charge in [-0.15, -0.1) is 0 Å². The van der Waals surface area contributed by atoms with Crippen LogP contribution in [-0.4, -0.2) is 26.5 Å². The number of nitrogens with one attached hydrogen (secondary N) is 1. The monoisotopic (exact) mass is 326 g/mol. The van der Waals surface area contributed by atoms with Crippen LogP contribution in [0.1, 0.15) is 60.8 Å². The van der Waals surface area contributed by atoms with E-state index in [9.17, 15) is 18.0 Å². The molecule has 1 atom stereocenters. The lowest BCUT2D eigenvalue weighted by atomic mass is 10.2. The molecule has 2 aromatic rings. The Balaban J connectivity index is 2.10. The summed E-state index contributed by atoms with van der Waals surface area (Å²) in [6, 6.07) is 0.958. The Labute approximate surface area is 130 Å². The average Bonchev–Trinajstić information content (AvgIpc) is 3.24. The molecule has 0 saturated heterocycles. The van der Waals surface area contributed by atoms with Crippen molar-refractivity contribution in [2.75, 3.05) is 0 Å². The van der Waals surface area contributed by atoms with Crippen LogP contribution in [0.4, 0.5) is 13.2 Å². The zero-order valence-corrected chi connectivity index (χ0v) is 12.8. The number of amides is 1. The zero-order chi connectivity index (χ0) is 16.8. The minimum Gasteiger partial charge on any atom is -0.349 e. The maximum Gasteiger partial charge on any atom is 0.433 e. The fraction of sp³-hybridized carbons (Fsp3) is 0.533. The number of hydrogen-bond donors (Lipinski definition) is 1. The van der Waals surface area contributed by atoms with Crippen LogP contribution in [0.2, 0.25) is 0 Å². The van der Waals surface area contributed by atoms with Crippen molar-refractivity contribution in [1.82, 2.24) is 19.9 Å². The van der Waals surface area contributed by atoms with E-state index in [1.807, 2.05) is 13.8 Å². The number of hydrogen-bond acceptors (Lipinski definition) is 3. The molecular formula is C15H17F3N4O. The molecular weight excluding hydrogens is 309 g/mol. The van der Waals surface area contributed by atoms with Gasteiger partial charge in [0.05, 0.1) is 6.20 Å². The number of fused-ring (bicyclic) bond motifs is 1. The normalized spacial score (nSPS) is 16.6. The summed E-state index contributed by atoms with van der Waals surface area (Å²) in [5.41, 5.74) is -0.490. The van der Waals surface area contributed by atoms with Crippen molar-refractivity contribution in [3.8, 4) is 0 Å². The van der Waals surface area contributed by atoms with Gasteiger partial charge in [0.2, 0.25) is 0 Å². The van der Waals surface area contributed by atoms with Gasteiger partial charge in [-0.05, 0) is 32.3 Å². The molecule has 1 amide bonds. The molecule has 5 nitrogen and oxygen atoms in total. The first-order valence-corrected chi connectivity index (χ1v) is 7.58. The van der Waals surface area contributed by atoms with Gasteiger partial charge in [-0.25, -0.2) is 9.50 Å². The van der Waals surface area contributed by atoms with Crippen molar-refractivity contribution in [1.29, 1.82) is 0 Å². The Morgan fingerprint density at radius 2 is 2.17 bits per heavy atom. The van der Waals surface area contributed by atoms with Crippen LogP contribution in [0.15, 0.2) is 12.3 Å². The molecule has 8 heteroatoms. The summed E-state index contributed by atoms with van der Waals surface area (Å²) in [5, 5.41) is 6.47. The van der Waals surface area contributed by atoms with Crippen molar-refractivity contribution < 1.29 is 18.0 Å². The highest BCUT2D eigenvalue weighted by molar-refractivity contribution is 5.99. The fourth-order valence-electron chi connectivity index (χ4n) is 2.34. The molecule has 0 aromatic carbocycles. The molecule has 0 radical (unpaired) electrons. The number of rotatable bonds is 4. The lowest BCUT2D eigenvalue weighted by Crippen LogP contribution is -2.32. The molecule has 1 fully saturated rings. The van der Waals surface area contributed by atoms with Crippen LogP contribution in [-0.2, 0) is 6.18 Å². The first kappa shape index (κ1) is 15.8. The van der Waals surface area contributed by atoms with E-state index in [0.29, 0.717) is 10.2 Å². The maximum absolute atomic E-state index is 13.3. The summed E-state index contributed by atoms with van der Waals surface area (Å²) in [5.74, 6) is -0.413. The second-order valence-electron chi connectivity index (χ2n) is 5.91. The molecule has 1 aliphatic rings. The fourth-order valence-corrected chi connectivity index (χ4v) is 2.34. The Kier molecular flexibility index (Phi) is 3.77. The summed E-state index contributed by atoms with van der Waals surface area (Å²) in [6.07, 6.45) is -1.04. The number of halogens is 3. The van der Waals surface area contributed by atoms with Crippen LogP contribution in [0, 0.1) is 0 Å². The molecule has 0 spiro atoms. The lowest BCUT2D eigenvalue weighted by molar-refractivity contribution is -0.142. The summed E-state index contributed by atoms with van der Waals surface area (Å²) in [6.45, 7) is 3.74. The van der Waals surface area contributed by atoms with Gasteiger partial charge in [-0.1, -0.05) is 6.92 Å². The number of alkyl halides is 3. The Morgan fingerprint density at radius 1 is 1.48 bits per heavy atom. The Morgan fingerprint density at radius 3 is 2.74 bits per heavy atom. The molecule has 1 N–H and O–H groups in total. The van der Waals surface area contributed by atoms with Gasteiger partial charge in [0.15, 0.2) is 5.65 Å². The third-order valence-corrected chi connectivity index (χ3v) is 4.01. The van der Waals surface area contributed by atoms with Crippen LogP contribution >= 0.6 is 0 Å². The van der Waals surface area contributed by atoms with Crippen LogP contribution in [0.25, 0.3) is 5.65 Å². The van der Waals surface area contributed by atoms with E-state index in [-0.39, 0.29) is 23.2 Å². The van der Waals surface area contributed by atoms with Gasteiger partial charge in [-0.3, -0.25) is 4.79 Å². The van der Waals surface area contributed by atoms with Gasteiger partial charge in [0, 0.05) is 17.7 Å². The van der Waals surface area contributed by atoms with Crippen molar-refractivity contribution in [3.63, 3.8) is 0 Å². The van der Waals surface area contributed by atoms with Gasteiger partial charge in [0.1, 0.15) is 11.3 Å². The maximum atomic E-state index is 13.3. The third-order valence-electron chi connectivity index (χ3n) is 4.01. The minimum absolute atomic E-state index is 0.0393. The van der Waals surface area contributed by atoms with Crippen molar-refractivity contribution in [3.05, 3.63) is 29.2 Å². The molecule has 1 unspecified atom stereocenters. The third kappa shape index (κ3) is 3.02. The zero-order valence-electron chi connectivity index (χ0n) is 12.8. The van der Waals surface area contributed by atoms with Crippen molar-refractivity contribution in [2.45, 2.75) is 51.2 Å². The van der Waals surface area contributed by atoms with E-state index in [0.717, 1.165) is 31.5 Å². The largest absolute Gasteiger partial charge is 0.433 e. The number of nitrogens with zero attached hydrogens (tertiary/aromatic N) is 3. The van der Waals surface area contributed by atoms with E-state index in [1.165, 1.54) is 0 Å². The highest BCUT2D eigenvalue weighted by atomic mass is 19.4. The second-order valence-corrected chi connectivity index (χ2v) is 5.91. The van der Waals surface area contributed by atoms with E-state index in [1.54, 1.807) is 0 Å². The van der Waals surface area contributed by atoms with Crippen LogP contribution in [0.5, 0.6) is 0 Å². The Hall–Kier alpha value is -2.12. The molecule has 2 heterocycles. The summed E-state index contributed by atoms with van der Waals surface area (Å²) >= 11 is 0. The summed E-state index contributed by atoms with van der Waals surface area (Å²) in [7, 11) is 0. The molecule has 124 valence electrons. The van der Waals surface area contributed by atoms with Crippen molar-refractivity contribution >= 4 is 11.6 Å². The first-order chi connectivity index (χ1) is 10.8. The van der Waals surface area contributed by atoms with Gasteiger partial charge < -0.3 is 5.32 Å². The number of carbonyl (C=O) groups is 1. The quantitative estimate of drug-likeness (QED) is 0.939. The first-order valence-electron chi connectivity index (χ1n) is 7.58. The van der Waals surface area contributed by atoms with E-state index in [4.69, 9.17) is 0 Å². The van der Waals surface area contributed by atoms with E-state index in [2.05, 4.69) is 15.4 Å². The predicted molar refractivity (Wildman–Crippen MR) is 77.2 cm³/mol. The van der Waals surface area contributed by atoms with Gasteiger partial charge in [-0.2, -0.15) is 18.3 Å². The highest BCUT2D eigenvalue weighted by Gasteiger charge is 2.37. The van der Waals surface area contributed by atoms with Crippen LogP contribution < -0.4 is 5.32 Å². The van der Waals surface area contributed by atoms with Gasteiger partial charge >= 0.3 is 6.18 Å². The molecule has 2 aromatic heterocycles. The molecule has 1 aliphatic carbocycles. The van der Waals surface area contributed by atoms with E-state index >= 15 is 0 Å². The Bertz CT molecular complexity index is 749. The standard InChI is InChI=1S/C15H17F3N4O/c1-3-8(2)20-14(23)10-7-19-22-12(15(16,17)18)6-11(9-4-5-9)21-13(10)22/h6-9H,3-5H2,1-2H3,(H,20,23). The summed E-state index contributed by atoms with van der Waals surface area (Å²) < 4.78 is 40.5. The SMILES string of the molecule is CCC(C)NC(=O)c1cnn2c(C(F)(F)F)cc(C3CC3)nc12. The smallest absolute Gasteiger partial charge is 0.349 e. The molecule has 3 rings (SSSR count). The van der Waals surface area contributed by atoms with E-state index < -0.39 is 17.8 Å². The predicted octanol–water partition coefficient (Wildman–Crippen LogP) is 3.15. The molecule has 23 heavy (non-hydrogen) atoms. The van der Waals surface area contributed by atoms with Crippen molar-refractivity contribution in [2.24, 2.45) is 0 Å². The summed E-state index contributed by atoms with van der Waals surface area (Å²) in [4.78, 5) is 16.5. The highest BCUT2D eigenvalue weighted by Crippen LogP contribution is 2.41. The van der Waals surface area contributed by atoms with Crippen LogP contribution in [0.3, 0.4) is 0 Å². The topological polar surface area (TPSA) is 59.3 Å². The average molecular weight is 326 g/mol. The molecule has 0 aliphatic heterocycles. The second kappa shape index (κ2) is 5.50. The lowest BCUT2D eigenvalue weighted by Gasteiger charge is -2.12. The van der Waals surface area contributed by atoms with Gasteiger partial charge in [0.25, 0.3) is 5.91 Å². The minimum atomic E-state index is -4.55. The molecule has 0 bridgehead atoms. The number of aromatic nitrogens is 3.